The molecule has 3 heterocycles. The summed E-state index contributed by atoms with van der Waals surface area (Å²) in [5.41, 5.74) is 3.08. The molecule has 0 saturated carbocycles. The van der Waals surface area contributed by atoms with E-state index >= 15 is 0 Å². The average molecular weight is 303 g/mol. The third-order valence-electron chi connectivity index (χ3n) is 3.99. The molecule has 0 spiro atoms. The van der Waals surface area contributed by atoms with Gasteiger partial charge < -0.3 is 10.2 Å². The Kier molecular flexibility index (Phi) is 4.45. The number of hydrogen-bond acceptors (Lipinski definition) is 6. The summed E-state index contributed by atoms with van der Waals surface area (Å²) in [6.45, 7) is 6.33. The van der Waals surface area contributed by atoms with Gasteiger partial charge in [0.15, 0.2) is 0 Å². The van der Waals surface area contributed by atoms with Gasteiger partial charge >= 0.3 is 0 Å². The van der Waals surface area contributed by atoms with E-state index in [0.29, 0.717) is 12.1 Å². The molecule has 0 aromatic carbocycles. The summed E-state index contributed by atoms with van der Waals surface area (Å²) in [7, 11) is 0. The lowest BCUT2D eigenvalue weighted by Crippen LogP contribution is -2.43. The first-order chi connectivity index (χ1) is 10.2. The van der Waals surface area contributed by atoms with Crippen LogP contribution in [0.25, 0.3) is 0 Å². The standard InChI is InChI=1S/C15H21N5S/c1-11-14(21-10-18-11)12(2)19-13-4-8-20(9-5-13)15-16-6-3-7-17-15/h3,6-7,10,12-13,19H,4-5,8-9H2,1-2H3. The monoisotopic (exact) mass is 303 g/mol. The van der Waals surface area contributed by atoms with Crippen LogP contribution in [0, 0.1) is 6.92 Å². The fraction of sp³-hybridized carbons (Fsp3) is 0.533. The minimum atomic E-state index is 0.377. The number of rotatable bonds is 4. The van der Waals surface area contributed by atoms with E-state index in [1.54, 1.807) is 23.7 Å². The molecule has 1 fully saturated rings. The normalized spacial score (nSPS) is 17.9. The van der Waals surface area contributed by atoms with Gasteiger partial charge in [-0.2, -0.15) is 0 Å². The van der Waals surface area contributed by atoms with Crippen LogP contribution in [0.1, 0.15) is 36.4 Å². The highest BCUT2D eigenvalue weighted by Gasteiger charge is 2.23. The molecule has 1 atom stereocenters. The lowest BCUT2D eigenvalue weighted by atomic mass is 10.0. The molecule has 2 aromatic rings. The Bertz CT molecular complexity index is 562. The van der Waals surface area contributed by atoms with Crippen molar-refractivity contribution in [3.63, 3.8) is 0 Å². The average Bonchev–Trinajstić information content (AvgIpc) is 2.95. The van der Waals surface area contributed by atoms with Crippen molar-refractivity contribution in [2.24, 2.45) is 0 Å². The molecule has 112 valence electrons. The van der Waals surface area contributed by atoms with E-state index in [9.17, 15) is 0 Å². The molecule has 1 saturated heterocycles. The lowest BCUT2D eigenvalue weighted by Gasteiger charge is -2.33. The maximum atomic E-state index is 4.34. The van der Waals surface area contributed by atoms with Gasteiger partial charge in [-0.1, -0.05) is 0 Å². The van der Waals surface area contributed by atoms with Crippen LogP contribution < -0.4 is 10.2 Å². The maximum absolute atomic E-state index is 4.34. The van der Waals surface area contributed by atoms with Crippen LogP contribution in [0.4, 0.5) is 5.95 Å². The van der Waals surface area contributed by atoms with Crippen LogP contribution >= 0.6 is 11.3 Å². The Morgan fingerprint density at radius 2 is 1.95 bits per heavy atom. The number of anilines is 1. The van der Waals surface area contributed by atoms with Crippen molar-refractivity contribution in [3.8, 4) is 0 Å². The van der Waals surface area contributed by atoms with Crippen molar-refractivity contribution in [2.45, 2.75) is 38.8 Å². The highest BCUT2D eigenvalue weighted by molar-refractivity contribution is 7.09. The second kappa shape index (κ2) is 6.49. The van der Waals surface area contributed by atoms with Gasteiger partial charge in [0, 0.05) is 42.4 Å². The summed E-state index contributed by atoms with van der Waals surface area (Å²) in [5.74, 6) is 0.849. The number of aryl methyl sites for hydroxylation is 1. The molecule has 6 heteroatoms. The fourth-order valence-corrected chi connectivity index (χ4v) is 3.68. The Morgan fingerprint density at radius 3 is 2.57 bits per heavy atom. The highest BCUT2D eigenvalue weighted by atomic mass is 32.1. The first-order valence-electron chi connectivity index (χ1n) is 7.42. The van der Waals surface area contributed by atoms with Gasteiger partial charge in [0.2, 0.25) is 5.95 Å². The van der Waals surface area contributed by atoms with Crippen molar-refractivity contribution in [1.29, 1.82) is 0 Å². The minimum Gasteiger partial charge on any atom is -0.341 e. The molecule has 3 rings (SSSR count). The molecular formula is C15H21N5S. The second-order valence-electron chi connectivity index (χ2n) is 5.50. The van der Waals surface area contributed by atoms with Crippen molar-refractivity contribution in [1.82, 2.24) is 20.3 Å². The van der Waals surface area contributed by atoms with E-state index < -0.39 is 0 Å². The van der Waals surface area contributed by atoms with Crippen LogP contribution in [-0.2, 0) is 0 Å². The molecule has 5 nitrogen and oxygen atoms in total. The van der Waals surface area contributed by atoms with Gasteiger partial charge in [-0.15, -0.1) is 11.3 Å². The molecule has 21 heavy (non-hydrogen) atoms. The summed E-state index contributed by atoms with van der Waals surface area (Å²) >= 11 is 1.74. The van der Waals surface area contributed by atoms with E-state index in [0.717, 1.165) is 37.6 Å². The third kappa shape index (κ3) is 3.39. The van der Waals surface area contributed by atoms with Crippen molar-refractivity contribution in [2.75, 3.05) is 18.0 Å². The third-order valence-corrected chi connectivity index (χ3v) is 5.11. The minimum absolute atomic E-state index is 0.377. The summed E-state index contributed by atoms with van der Waals surface area (Å²) in [5, 5.41) is 3.74. The molecule has 0 amide bonds. The Balaban J connectivity index is 1.53. The number of thiazole rings is 1. The Labute approximate surface area is 129 Å². The zero-order valence-corrected chi connectivity index (χ0v) is 13.3. The number of piperidine rings is 1. The van der Waals surface area contributed by atoms with Gasteiger partial charge in [-0.25, -0.2) is 15.0 Å². The predicted octanol–water partition coefficient (Wildman–Crippen LogP) is 2.56. The van der Waals surface area contributed by atoms with E-state index in [1.807, 2.05) is 11.6 Å². The van der Waals surface area contributed by atoms with E-state index in [-0.39, 0.29) is 0 Å². The lowest BCUT2D eigenvalue weighted by molar-refractivity contribution is 0.380. The topological polar surface area (TPSA) is 53.9 Å². The molecule has 1 aliphatic rings. The second-order valence-corrected chi connectivity index (χ2v) is 6.39. The predicted molar refractivity (Wildman–Crippen MR) is 85.7 cm³/mol. The zero-order chi connectivity index (χ0) is 14.7. The van der Waals surface area contributed by atoms with Crippen LogP contribution in [0.2, 0.25) is 0 Å². The number of nitrogens with one attached hydrogen (secondary N) is 1. The van der Waals surface area contributed by atoms with E-state index in [1.165, 1.54) is 4.88 Å². The van der Waals surface area contributed by atoms with Crippen LogP contribution in [-0.4, -0.2) is 34.1 Å². The van der Waals surface area contributed by atoms with Gasteiger partial charge in [0.1, 0.15) is 0 Å². The number of nitrogens with zero attached hydrogens (tertiary/aromatic N) is 4. The van der Waals surface area contributed by atoms with E-state index in [2.05, 4.69) is 39.0 Å². The number of aromatic nitrogens is 3. The summed E-state index contributed by atoms with van der Waals surface area (Å²) in [6, 6.07) is 2.79. The molecule has 0 radical (unpaired) electrons. The van der Waals surface area contributed by atoms with Crippen molar-refractivity contribution < 1.29 is 0 Å². The van der Waals surface area contributed by atoms with Gasteiger partial charge in [-0.05, 0) is 32.8 Å². The fourth-order valence-electron chi connectivity index (χ4n) is 2.86. The summed E-state index contributed by atoms with van der Waals surface area (Å²) in [4.78, 5) is 16.6. The molecule has 0 aliphatic carbocycles. The Hall–Kier alpha value is -1.53. The first-order valence-corrected chi connectivity index (χ1v) is 8.30. The summed E-state index contributed by atoms with van der Waals surface area (Å²) < 4.78 is 0. The molecule has 1 unspecified atom stereocenters. The smallest absolute Gasteiger partial charge is 0.225 e. The van der Waals surface area contributed by atoms with Crippen LogP contribution in [0.5, 0.6) is 0 Å². The largest absolute Gasteiger partial charge is 0.341 e. The van der Waals surface area contributed by atoms with Gasteiger partial charge in [0.25, 0.3) is 0 Å². The molecule has 1 aliphatic heterocycles. The molecule has 0 bridgehead atoms. The van der Waals surface area contributed by atoms with Gasteiger partial charge in [0.05, 0.1) is 11.2 Å². The first kappa shape index (κ1) is 14.4. The Morgan fingerprint density at radius 1 is 1.24 bits per heavy atom. The van der Waals surface area contributed by atoms with Gasteiger partial charge in [-0.3, -0.25) is 0 Å². The molecule has 1 N–H and O–H groups in total. The molecule has 2 aromatic heterocycles. The van der Waals surface area contributed by atoms with Crippen molar-refractivity contribution in [3.05, 3.63) is 34.5 Å². The van der Waals surface area contributed by atoms with Crippen molar-refractivity contribution >= 4 is 17.3 Å². The summed E-state index contributed by atoms with van der Waals surface area (Å²) in [6.07, 6.45) is 5.86. The highest BCUT2D eigenvalue weighted by Crippen LogP contribution is 2.24. The molecular weight excluding hydrogens is 282 g/mol. The van der Waals surface area contributed by atoms with Crippen LogP contribution in [0.15, 0.2) is 24.0 Å². The zero-order valence-electron chi connectivity index (χ0n) is 12.5. The van der Waals surface area contributed by atoms with Crippen LogP contribution in [0.3, 0.4) is 0 Å². The van der Waals surface area contributed by atoms with E-state index in [4.69, 9.17) is 0 Å². The quantitative estimate of drug-likeness (QED) is 0.941. The maximum Gasteiger partial charge on any atom is 0.225 e. The SMILES string of the molecule is Cc1ncsc1C(C)NC1CCN(c2ncccn2)CC1. The number of hydrogen-bond donors (Lipinski definition) is 1.